The molecule has 2 aliphatic heterocycles. The molecule has 2 aromatic rings. The zero-order valence-corrected chi connectivity index (χ0v) is 19.9. The summed E-state index contributed by atoms with van der Waals surface area (Å²) in [6.07, 6.45) is 7.61. The SMILES string of the molecule is CCOC(=O)N1CCC2C(CC3C(=O)O[C@H](C)C3C2/C=C/c2ccc(-c3ccsc3)cn2)C1. The third-order valence-corrected chi connectivity index (χ3v) is 8.24. The Labute approximate surface area is 198 Å². The van der Waals surface area contributed by atoms with Crippen molar-refractivity contribution < 1.29 is 19.1 Å². The van der Waals surface area contributed by atoms with Crippen molar-refractivity contribution in [1.82, 2.24) is 9.88 Å². The Morgan fingerprint density at radius 3 is 2.94 bits per heavy atom. The van der Waals surface area contributed by atoms with Gasteiger partial charge < -0.3 is 14.4 Å². The number of rotatable bonds is 4. The number of pyridine rings is 1. The number of thiophene rings is 1. The highest BCUT2D eigenvalue weighted by Gasteiger charge is 2.54. The number of aromatic nitrogens is 1. The predicted molar refractivity (Wildman–Crippen MR) is 127 cm³/mol. The molecule has 3 aliphatic rings. The first-order valence-electron chi connectivity index (χ1n) is 11.8. The largest absolute Gasteiger partial charge is 0.462 e. The van der Waals surface area contributed by atoms with E-state index in [-0.39, 0.29) is 41.8 Å². The third-order valence-electron chi connectivity index (χ3n) is 7.56. The van der Waals surface area contributed by atoms with Crippen molar-refractivity contribution in [2.75, 3.05) is 19.7 Å². The van der Waals surface area contributed by atoms with E-state index in [0.29, 0.717) is 25.6 Å². The zero-order chi connectivity index (χ0) is 22.9. The topological polar surface area (TPSA) is 68.7 Å². The van der Waals surface area contributed by atoms with Crippen molar-refractivity contribution in [2.45, 2.75) is 32.8 Å². The van der Waals surface area contributed by atoms with E-state index in [9.17, 15) is 9.59 Å². The number of hydrogen-bond acceptors (Lipinski definition) is 6. The lowest BCUT2D eigenvalue weighted by Gasteiger charge is -2.48. The Morgan fingerprint density at radius 2 is 2.21 bits per heavy atom. The van der Waals surface area contributed by atoms with Crippen molar-refractivity contribution >= 4 is 29.5 Å². The van der Waals surface area contributed by atoms with Crippen LogP contribution in [0.1, 0.15) is 32.4 Å². The summed E-state index contributed by atoms with van der Waals surface area (Å²) in [5.41, 5.74) is 3.21. The van der Waals surface area contributed by atoms with Crippen LogP contribution < -0.4 is 0 Å². The molecular formula is C26H30N2O4S. The van der Waals surface area contributed by atoms with Crippen LogP contribution in [0.15, 0.2) is 41.2 Å². The highest BCUT2D eigenvalue weighted by Crippen LogP contribution is 2.51. The highest BCUT2D eigenvalue weighted by atomic mass is 32.1. The van der Waals surface area contributed by atoms with Gasteiger partial charge in [0, 0.05) is 30.8 Å². The summed E-state index contributed by atoms with van der Waals surface area (Å²) in [5, 5.41) is 4.19. The fraction of sp³-hybridized carbons (Fsp3) is 0.500. The molecule has 7 heteroatoms. The number of nitrogens with zero attached hydrogens (tertiary/aromatic N) is 2. The van der Waals surface area contributed by atoms with Gasteiger partial charge in [0.05, 0.1) is 18.2 Å². The van der Waals surface area contributed by atoms with Crippen molar-refractivity contribution in [3.05, 3.63) is 46.9 Å². The first kappa shape index (κ1) is 22.1. The maximum absolute atomic E-state index is 12.6. The minimum Gasteiger partial charge on any atom is -0.462 e. The zero-order valence-electron chi connectivity index (χ0n) is 19.1. The summed E-state index contributed by atoms with van der Waals surface area (Å²) in [7, 11) is 0. The van der Waals surface area contributed by atoms with Gasteiger partial charge in [-0.1, -0.05) is 12.1 Å². The quantitative estimate of drug-likeness (QED) is 0.586. The van der Waals surface area contributed by atoms with Gasteiger partial charge in [0.1, 0.15) is 6.10 Å². The first-order valence-corrected chi connectivity index (χ1v) is 12.8. The molecule has 2 saturated heterocycles. The minimum atomic E-state index is -0.248. The van der Waals surface area contributed by atoms with E-state index >= 15 is 0 Å². The van der Waals surface area contributed by atoms with Gasteiger partial charge in [-0.05, 0) is 79.0 Å². The average Bonchev–Trinajstić information content (AvgIpc) is 3.45. The van der Waals surface area contributed by atoms with Crippen LogP contribution in [0, 0.1) is 29.6 Å². The van der Waals surface area contributed by atoms with Crippen LogP contribution in [0.2, 0.25) is 0 Å². The van der Waals surface area contributed by atoms with Crippen LogP contribution in [-0.4, -0.2) is 47.7 Å². The smallest absolute Gasteiger partial charge is 0.409 e. The summed E-state index contributed by atoms with van der Waals surface area (Å²) in [6.45, 7) is 5.56. The minimum absolute atomic E-state index is 0.0872. The molecule has 6 atom stereocenters. The molecule has 174 valence electrons. The average molecular weight is 467 g/mol. The molecule has 2 aromatic heterocycles. The van der Waals surface area contributed by atoms with Gasteiger partial charge in [0.2, 0.25) is 0 Å². The van der Waals surface area contributed by atoms with E-state index in [1.807, 2.05) is 26.1 Å². The van der Waals surface area contributed by atoms with Crippen LogP contribution in [-0.2, 0) is 14.3 Å². The van der Waals surface area contributed by atoms with E-state index in [0.717, 1.165) is 24.1 Å². The number of ether oxygens (including phenoxy) is 2. The molecular weight excluding hydrogens is 436 g/mol. The maximum Gasteiger partial charge on any atom is 0.409 e. The normalized spacial score (nSPS) is 31.2. The predicted octanol–water partition coefficient (Wildman–Crippen LogP) is 5.12. The summed E-state index contributed by atoms with van der Waals surface area (Å²) < 4.78 is 10.9. The Bertz CT molecular complexity index is 1020. The maximum atomic E-state index is 12.6. The molecule has 6 nitrogen and oxygen atoms in total. The molecule has 0 aromatic carbocycles. The number of amides is 1. The summed E-state index contributed by atoms with van der Waals surface area (Å²) in [6, 6.07) is 6.24. The van der Waals surface area contributed by atoms with Crippen LogP contribution >= 0.6 is 11.3 Å². The second kappa shape index (κ2) is 9.29. The molecule has 0 spiro atoms. The van der Waals surface area contributed by atoms with Crippen molar-refractivity contribution in [3.63, 3.8) is 0 Å². The van der Waals surface area contributed by atoms with E-state index < -0.39 is 0 Å². The Hall–Kier alpha value is -2.67. The number of fused-ring (bicyclic) bond motifs is 2. The van der Waals surface area contributed by atoms with Crippen LogP contribution in [0.25, 0.3) is 17.2 Å². The number of likely N-dealkylation sites (tertiary alicyclic amines) is 1. The van der Waals surface area contributed by atoms with E-state index in [4.69, 9.17) is 9.47 Å². The summed E-state index contributed by atoms with van der Waals surface area (Å²) >= 11 is 1.68. The Balaban J connectivity index is 1.37. The lowest BCUT2D eigenvalue weighted by molar-refractivity contribution is -0.144. The van der Waals surface area contributed by atoms with Crippen LogP contribution in [0.3, 0.4) is 0 Å². The standard InChI is InChI=1S/C26H30N2O4S/c1-3-31-26(30)28-10-8-21-19(14-28)12-23-24(16(2)32-25(23)29)22(21)7-6-20-5-4-17(13-27-20)18-9-11-33-15-18/h4-7,9,11,13,15-16,19,21-24H,3,8,10,12,14H2,1-2H3/b7-6+/t16-,19?,21?,22?,23?,24?/m1/s1. The molecule has 1 amide bonds. The van der Waals surface area contributed by atoms with Gasteiger partial charge in [-0.2, -0.15) is 11.3 Å². The monoisotopic (exact) mass is 466 g/mol. The van der Waals surface area contributed by atoms with Gasteiger partial charge in [0.15, 0.2) is 0 Å². The fourth-order valence-corrected chi connectivity index (χ4v) is 6.72. The number of esters is 1. The second-order valence-corrected chi connectivity index (χ2v) is 10.1. The van der Waals surface area contributed by atoms with E-state index in [1.54, 1.807) is 16.2 Å². The Kier molecular flexibility index (Phi) is 6.23. The van der Waals surface area contributed by atoms with Gasteiger partial charge in [-0.25, -0.2) is 4.79 Å². The highest BCUT2D eigenvalue weighted by molar-refractivity contribution is 7.08. The van der Waals surface area contributed by atoms with Crippen molar-refractivity contribution in [2.24, 2.45) is 29.6 Å². The number of hydrogen-bond donors (Lipinski definition) is 0. The van der Waals surface area contributed by atoms with Gasteiger partial charge in [-0.3, -0.25) is 9.78 Å². The third kappa shape index (κ3) is 4.31. The number of allylic oxidation sites excluding steroid dienone is 1. The lowest BCUT2D eigenvalue weighted by atomic mass is 9.59. The molecule has 5 unspecified atom stereocenters. The van der Waals surface area contributed by atoms with Crippen molar-refractivity contribution in [1.29, 1.82) is 0 Å². The van der Waals surface area contributed by atoms with Gasteiger partial charge >= 0.3 is 12.1 Å². The first-order chi connectivity index (χ1) is 16.0. The molecule has 0 radical (unpaired) electrons. The van der Waals surface area contributed by atoms with E-state index in [2.05, 4.69) is 40.0 Å². The fourth-order valence-electron chi connectivity index (χ4n) is 6.05. The molecule has 1 saturated carbocycles. The second-order valence-electron chi connectivity index (χ2n) is 9.34. The summed E-state index contributed by atoms with van der Waals surface area (Å²) in [4.78, 5) is 31.4. The molecule has 0 bridgehead atoms. The molecule has 33 heavy (non-hydrogen) atoms. The molecule has 4 heterocycles. The number of carbonyl (C=O) groups is 2. The number of cyclic esters (lactones) is 1. The van der Waals surface area contributed by atoms with Gasteiger partial charge in [0.25, 0.3) is 0 Å². The van der Waals surface area contributed by atoms with E-state index in [1.165, 1.54) is 5.56 Å². The van der Waals surface area contributed by atoms with Gasteiger partial charge in [-0.15, -0.1) is 0 Å². The number of carbonyl (C=O) groups excluding carboxylic acids is 2. The van der Waals surface area contributed by atoms with Crippen molar-refractivity contribution in [3.8, 4) is 11.1 Å². The van der Waals surface area contributed by atoms with Crippen LogP contribution in [0.4, 0.5) is 4.79 Å². The molecule has 3 fully saturated rings. The molecule has 0 N–H and O–H groups in total. The van der Waals surface area contributed by atoms with Crippen LogP contribution in [0.5, 0.6) is 0 Å². The lowest BCUT2D eigenvalue weighted by Crippen LogP contribution is -2.51. The molecule has 5 rings (SSSR count). The Morgan fingerprint density at radius 1 is 1.33 bits per heavy atom. The molecule has 1 aliphatic carbocycles. The number of piperidine rings is 1. The summed E-state index contributed by atoms with van der Waals surface area (Å²) in [5.74, 6) is 0.885.